The third kappa shape index (κ3) is 4.29. The van der Waals surface area contributed by atoms with Crippen molar-refractivity contribution in [2.45, 2.75) is 20.3 Å². The van der Waals surface area contributed by atoms with Crippen LogP contribution in [0.25, 0.3) is 0 Å². The van der Waals surface area contributed by atoms with Gasteiger partial charge in [0.1, 0.15) is 0 Å². The molecule has 0 aliphatic heterocycles. The van der Waals surface area contributed by atoms with Gasteiger partial charge in [0.15, 0.2) is 0 Å². The van der Waals surface area contributed by atoms with E-state index in [4.69, 9.17) is 0 Å². The molecule has 1 amide bonds. The number of nitrogens with one attached hydrogen (secondary N) is 2. The van der Waals surface area contributed by atoms with Crippen molar-refractivity contribution in [1.29, 1.82) is 0 Å². The molecule has 0 aromatic rings. The highest BCUT2D eigenvalue weighted by molar-refractivity contribution is 5.45. The van der Waals surface area contributed by atoms with Crippen LogP contribution in [-0.4, -0.2) is 24.5 Å². The number of hydrogen-bond acceptors (Lipinski definition) is 3. The van der Waals surface area contributed by atoms with Crippen molar-refractivity contribution in [1.82, 2.24) is 16.0 Å². The summed E-state index contributed by atoms with van der Waals surface area (Å²) in [6, 6.07) is 0. The molecule has 2 N–H and O–H groups in total. The zero-order valence-electron chi connectivity index (χ0n) is 6.55. The second kappa shape index (κ2) is 6.51. The number of nitrogens with zero attached hydrogens (tertiary/aromatic N) is 1. The minimum Gasteiger partial charge on any atom is -0.277 e. The fourth-order valence-electron chi connectivity index (χ4n) is 0.462. The molecule has 0 saturated heterocycles. The molecule has 0 atom stereocenters. The molecule has 0 unspecified atom stereocenters. The topological polar surface area (TPSA) is 44.4 Å². The molecule has 60 valence electrons. The van der Waals surface area contributed by atoms with Crippen molar-refractivity contribution in [3.63, 3.8) is 0 Å². The standard InChI is InChI=1S/C6H15N3O/c1-3-5-7-8-9(4-2)6-10/h6-8H,3-5H2,1-2H3. The van der Waals surface area contributed by atoms with Crippen LogP contribution in [0.3, 0.4) is 0 Å². The fourth-order valence-corrected chi connectivity index (χ4v) is 0.462. The first kappa shape index (κ1) is 9.39. The molecule has 0 spiro atoms. The predicted octanol–water partition coefficient (Wildman–Crippen LogP) is -0.116. The maximum atomic E-state index is 10.2. The van der Waals surface area contributed by atoms with Crippen LogP contribution in [-0.2, 0) is 4.79 Å². The minimum atomic E-state index is 0.667. The van der Waals surface area contributed by atoms with Gasteiger partial charge < -0.3 is 0 Å². The number of carbonyl (C=O) groups excluding carboxylic acids is 1. The van der Waals surface area contributed by atoms with E-state index < -0.39 is 0 Å². The lowest BCUT2D eigenvalue weighted by Crippen LogP contribution is -2.46. The largest absolute Gasteiger partial charge is 0.277 e. The zero-order chi connectivity index (χ0) is 7.82. The highest BCUT2D eigenvalue weighted by atomic mass is 16.1. The van der Waals surface area contributed by atoms with E-state index in [9.17, 15) is 4.79 Å². The summed E-state index contributed by atoms with van der Waals surface area (Å²) in [5.74, 6) is 0. The maximum Gasteiger partial charge on any atom is 0.224 e. The van der Waals surface area contributed by atoms with Crippen LogP contribution >= 0.6 is 0 Å². The number of hydrogen-bond donors (Lipinski definition) is 2. The molecule has 4 heteroatoms. The van der Waals surface area contributed by atoms with Crippen LogP contribution in [0.4, 0.5) is 0 Å². The van der Waals surface area contributed by atoms with Crippen molar-refractivity contribution in [2.75, 3.05) is 13.1 Å². The van der Waals surface area contributed by atoms with E-state index >= 15 is 0 Å². The molecule has 0 bridgehead atoms. The molecule has 0 aliphatic rings. The first-order chi connectivity index (χ1) is 4.85. The second-order valence-electron chi connectivity index (χ2n) is 1.93. The Morgan fingerprint density at radius 1 is 1.50 bits per heavy atom. The van der Waals surface area contributed by atoms with Gasteiger partial charge in [0, 0.05) is 13.1 Å². The van der Waals surface area contributed by atoms with Gasteiger partial charge in [0.05, 0.1) is 0 Å². The molecule has 0 aromatic heterocycles. The average molecular weight is 145 g/mol. The third-order valence-corrected chi connectivity index (χ3v) is 1.07. The summed E-state index contributed by atoms with van der Waals surface area (Å²) in [7, 11) is 0. The van der Waals surface area contributed by atoms with Gasteiger partial charge in [-0.1, -0.05) is 6.92 Å². The van der Waals surface area contributed by atoms with E-state index in [0.717, 1.165) is 19.4 Å². The lowest BCUT2D eigenvalue weighted by atomic mass is 10.5. The van der Waals surface area contributed by atoms with E-state index in [1.54, 1.807) is 0 Å². The van der Waals surface area contributed by atoms with E-state index in [2.05, 4.69) is 17.9 Å². The van der Waals surface area contributed by atoms with E-state index in [-0.39, 0.29) is 0 Å². The number of amides is 1. The summed E-state index contributed by atoms with van der Waals surface area (Å²) >= 11 is 0. The summed E-state index contributed by atoms with van der Waals surface area (Å²) in [5.41, 5.74) is 5.62. The molecule has 0 aromatic carbocycles. The van der Waals surface area contributed by atoms with Crippen LogP contribution in [0.2, 0.25) is 0 Å². The molecule has 0 aliphatic carbocycles. The van der Waals surface area contributed by atoms with Gasteiger partial charge in [-0.05, 0) is 13.3 Å². The maximum absolute atomic E-state index is 10.2. The first-order valence-electron chi connectivity index (χ1n) is 3.55. The molecule has 10 heavy (non-hydrogen) atoms. The van der Waals surface area contributed by atoms with Gasteiger partial charge in [-0.2, -0.15) is 5.53 Å². The van der Waals surface area contributed by atoms with Crippen LogP contribution in [0, 0.1) is 0 Å². The Morgan fingerprint density at radius 2 is 2.20 bits per heavy atom. The molecular weight excluding hydrogens is 130 g/mol. The van der Waals surface area contributed by atoms with E-state index in [0.29, 0.717) is 6.54 Å². The highest BCUT2D eigenvalue weighted by Gasteiger charge is 1.92. The summed E-state index contributed by atoms with van der Waals surface area (Å²) < 4.78 is 0. The molecule has 0 fully saturated rings. The van der Waals surface area contributed by atoms with Crippen LogP contribution in [0.5, 0.6) is 0 Å². The summed E-state index contributed by atoms with van der Waals surface area (Å²) in [4.78, 5) is 10.2. The fraction of sp³-hybridized carbons (Fsp3) is 0.833. The van der Waals surface area contributed by atoms with Crippen molar-refractivity contribution >= 4 is 6.41 Å². The van der Waals surface area contributed by atoms with Crippen molar-refractivity contribution in [3.05, 3.63) is 0 Å². The lowest BCUT2D eigenvalue weighted by molar-refractivity contribution is -0.121. The monoisotopic (exact) mass is 145 g/mol. The number of rotatable bonds is 6. The first-order valence-corrected chi connectivity index (χ1v) is 3.55. The lowest BCUT2D eigenvalue weighted by Gasteiger charge is -2.15. The van der Waals surface area contributed by atoms with Crippen LogP contribution in [0.1, 0.15) is 20.3 Å². The van der Waals surface area contributed by atoms with Crippen molar-refractivity contribution in [3.8, 4) is 0 Å². The SMILES string of the molecule is CCCNNN(C=O)CC. The summed E-state index contributed by atoms with van der Waals surface area (Å²) in [6.07, 6.45) is 1.80. The Morgan fingerprint density at radius 3 is 2.60 bits per heavy atom. The smallest absolute Gasteiger partial charge is 0.224 e. The van der Waals surface area contributed by atoms with Gasteiger partial charge in [-0.25, -0.2) is 5.43 Å². The van der Waals surface area contributed by atoms with Gasteiger partial charge in [-0.3, -0.25) is 9.80 Å². The number of hydrazine groups is 2. The minimum absolute atomic E-state index is 0.667. The molecule has 0 heterocycles. The molecule has 0 rings (SSSR count). The molecular formula is C6H15N3O. The molecule has 0 saturated carbocycles. The van der Waals surface area contributed by atoms with Crippen molar-refractivity contribution in [2.24, 2.45) is 0 Å². The Balaban J connectivity index is 3.17. The molecule has 4 nitrogen and oxygen atoms in total. The van der Waals surface area contributed by atoms with Crippen molar-refractivity contribution < 1.29 is 4.79 Å². The Kier molecular flexibility index (Phi) is 6.11. The van der Waals surface area contributed by atoms with Crippen LogP contribution in [0.15, 0.2) is 0 Å². The van der Waals surface area contributed by atoms with Gasteiger partial charge in [0.25, 0.3) is 0 Å². The van der Waals surface area contributed by atoms with E-state index in [1.165, 1.54) is 5.01 Å². The van der Waals surface area contributed by atoms with E-state index in [1.807, 2.05) is 6.92 Å². The predicted molar refractivity (Wildman–Crippen MR) is 39.9 cm³/mol. The normalized spacial score (nSPS) is 9.40. The Bertz CT molecular complexity index is 87.1. The Hall–Kier alpha value is -0.610. The van der Waals surface area contributed by atoms with Gasteiger partial charge in [0.2, 0.25) is 6.41 Å². The van der Waals surface area contributed by atoms with Crippen LogP contribution < -0.4 is 11.0 Å². The zero-order valence-corrected chi connectivity index (χ0v) is 6.55. The Labute approximate surface area is 61.5 Å². The number of carbonyl (C=O) groups is 1. The summed E-state index contributed by atoms with van der Waals surface area (Å²) in [6.45, 7) is 5.49. The third-order valence-electron chi connectivity index (χ3n) is 1.07. The van der Waals surface area contributed by atoms with Gasteiger partial charge in [-0.15, -0.1) is 0 Å². The summed E-state index contributed by atoms with van der Waals surface area (Å²) in [5, 5.41) is 1.44. The van der Waals surface area contributed by atoms with Gasteiger partial charge >= 0.3 is 0 Å². The highest BCUT2D eigenvalue weighted by Crippen LogP contribution is 1.71. The molecule has 0 radical (unpaired) electrons. The average Bonchev–Trinajstić information content (AvgIpc) is 1.99. The second-order valence-corrected chi connectivity index (χ2v) is 1.93. The quantitative estimate of drug-likeness (QED) is 0.311.